The summed E-state index contributed by atoms with van der Waals surface area (Å²) in [4.78, 5) is 24.4. The van der Waals surface area contributed by atoms with Crippen molar-refractivity contribution in [3.8, 4) is 0 Å². The van der Waals surface area contributed by atoms with Gasteiger partial charge in [0, 0.05) is 16.7 Å². The second-order valence-corrected chi connectivity index (χ2v) is 10.2. The minimum Gasteiger partial charge on any atom is -0.445 e. The van der Waals surface area contributed by atoms with E-state index in [1.165, 1.54) is 0 Å². The summed E-state index contributed by atoms with van der Waals surface area (Å²) in [6.45, 7) is 7.70. The van der Waals surface area contributed by atoms with Crippen LogP contribution in [-0.4, -0.2) is 41.8 Å². The lowest BCUT2D eigenvalue weighted by Gasteiger charge is -2.32. The fraction of sp³-hybridized carbons (Fsp3) is 0.462. The van der Waals surface area contributed by atoms with Crippen LogP contribution in [0.2, 0.25) is 0 Å². The number of aliphatic hydroxyl groups excluding tert-OH is 1. The van der Waals surface area contributed by atoms with Gasteiger partial charge in [0.05, 0.1) is 17.1 Å². The van der Waals surface area contributed by atoms with Gasteiger partial charge in [-0.15, -0.1) is 0 Å². The topological polar surface area (TPSA) is 84.9 Å². The smallest absolute Gasteiger partial charge is 0.407 e. The number of nitrogens with one attached hydrogen (secondary N) is 1. The molecular formula is C26H34INO5. The summed E-state index contributed by atoms with van der Waals surface area (Å²) < 4.78 is 12.2. The molecule has 0 aromatic heterocycles. The van der Waals surface area contributed by atoms with Gasteiger partial charge in [-0.05, 0) is 86.4 Å². The first kappa shape index (κ1) is 27.3. The Hall–Kier alpha value is -1.97. The fourth-order valence-corrected chi connectivity index (χ4v) is 3.96. The molecule has 0 bridgehead atoms. The van der Waals surface area contributed by atoms with E-state index in [2.05, 4.69) is 27.9 Å². The van der Waals surface area contributed by atoms with Crippen molar-refractivity contribution in [2.45, 2.75) is 64.3 Å². The largest absolute Gasteiger partial charge is 0.445 e. The summed E-state index contributed by atoms with van der Waals surface area (Å²) in [5.41, 5.74) is 0.429. The highest BCUT2D eigenvalue weighted by molar-refractivity contribution is 14.1. The van der Waals surface area contributed by atoms with E-state index in [4.69, 9.17) is 9.47 Å². The third-order valence-electron chi connectivity index (χ3n) is 5.99. The second kappa shape index (κ2) is 12.5. The van der Waals surface area contributed by atoms with Crippen LogP contribution < -0.4 is 5.32 Å². The molecule has 0 saturated heterocycles. The predicted molar refractivity (Wildman–Crippen MR) is 137 cm³/mol. The Labute approximate surface area is 210 Å². The zero-order valence-corrected chi connectivity index (χ0v) is 21.9. The number of alkyl carbamates (subject to hydrolysis) is 1. The molecule has 0 fully saturated rings. The highest BCUT2D eigenvalue weighted by atomic mass is 127. The molecule has 2 aromatic carbocycles. The molecule has 2 atom stereocenters. The van der Waals surface area contributed by atoms with Gasteiger partial charge in [0.25, 0.3) is 0 Å². The van der Waals surface area contributed by atoms with E-state index in [0.717, 1.165) is 14.7 Å². The first-order valence-electron chi connectivity index (χ1n) is 11.1. The molecule has 2 N–H and O–H groups in total. The van der Waals surface area contributed by atoms with Crippen LogP contribution in [0.15, 0.2) is 54.6 Å². The summed E-state index contributed by atoms with van der Waals surface area (Å²) in [6.07, 6.45) is -0.219. The van der Waals surface area contributed by atoms with Crippen molar-refractivity contribution < 1.29 is 24.2 Å². The van der Waals surface area contributed by atoms with Crippen molar-refractivity contribution in [2.75, 3.05) is 13.2 Å². The molecule has 0 heterocycles. The minimum atomic E-state index is -0.920. The zero-order chi connectivity index (χ0) is 24.5. The van der Waals surface area contributed by atoms with Crippen molar-refractivity contribution >= 4 is 34.5 Å². The highest BCUT2D eigenvalue weighted by Gasteiger charge is 2.33. The Balaban J connectivity index is 1.78. The molecular weight excluding hydrogens is 533 g/mol. The molecule has 0 saturated carbocycles. The third-order valence-corrected chi connectivity index (χ3v) is 6.66. The number of carbonyl (C=O) groups is 2. The lowest BCUT2D eigenvalue weighted by Crippen LogP contribution is -2.47. The zero-order valence-electron chi connectivity index (χ0n) is 19.8. The number of benzene rings is 2. The van der Waals surface area contributed by atoms with Crippen molar-refractivity contribution in [2.24, 2.45) is 0 Å². The standard InChI is InChI=1S/C26H34INO5/c1-19(29)26(4,21-12-8-13-22(27)16-21)14-9-15-33-25(2,3)23(30)17-28-24(31)32-18-20-10-6-5-7-11-20/h5-8,10-13,16,23,30H,9,14-15,17-18H2,1-4H3,(H,28,31). The Morgan fingerprint density at radius 3 is 2.42 bits per heavy atom. The average Bonchev–Trinajstić information content (AvgIpc) is 2.79. The number of hydrogen-bond donors (Lipinski definition) is 2. The van der Waals surface area contributed by atoms with Gasteiger partial charge in [-0.25, -0.2) is 4.79 Å². The van der Waals surface area contributed by atoms with E-state index in [9.17, 15) is 14.7 Å². The number of aliphatic hydroxyl groups is 1. The molecule has 2 rings (SSSR count). The summed E-state index contributed by atoms with van der Waals surface area (Å²) in [5.74, 6) is 0.113. The Morgan fingerprint density at radius 2 is 1.79 bits per heavy atom. The normalized spacial score (nSPS) is 14.2. The number of rotatable bonds is 12. The van der Waals surface area contributed by atoms with Gasteiger partial charge >= 0.3 is 6.09 Å². The number of halogens is 1. The van der Waals surface area contributed by atoms with Crippen molar-refractivity contribution in [1.29, 1.82) is 0 Å². The van der Waals surface area contributed by atoms with Crippen LogP contribution >= 0.6 is 22.6 Å². The van der Waals surface area contributed by atoms with Crippen LogP contribution in [0.5, 0.6) is 0 Å². The summed E-state index contributed by atoms with van der Waals surface area (Å²) in [5, 5.41) is 13.1. The molecule has 180 valence electrons. The maximum Gasteiger partial charge on any atom is 0.407 e. The molecule has 0 aliphatic carbocycles. The molecule has 7 heteroatoms. The van der Waals surface area contributed by atoms with Gasteiger partial charge in [0.2, 0.25) is 0 Å². The molecule has 0 aliphatic rings. The number of Topliss-reactive ketones (excluding diaryl/α,β-unsaturated/α-hetero) is 1. The molecule has 0 radical (unpaired) electrons. The van der Waals surface area contributed by atoms with Crippen molar-refractivity contribution in [3.05, 3.63) is 69.3 Å². The molecule has 33 heavy (non-hydrogen) atoms. The molecule has 2 unspecified atom stereocenters. The van der Waals surface area contributed by atoms with E-state index in [1.807, 2.05) is 61.5 Å². The maximum atomic E-state index is 12.4. The molecule has 2 aromatic rings. The molecule has 1 amide bonds. The number of amides is 1. The van der Waals surface area contributed by atoms with Crippen LogP contribution in [0.3, 0.4) is 0 Å². The van der Waals surface area contributed by atoms with Crippen molar-refractivity contribution in [1.82, 2.24) is 5.32 Å². The Kier molecular flexibility index (Phi) is 10.3. The van der Waals surface area contributed by atoms with Crippen LogP contribution in [0.25, 0.3) is 0 Å². The van der Waals surface area contributed by atoms with E-state index in [0.29, 0.717) is 19.4 Å². The van der Waals surface area contributed by atoms with Gasteiger partial charge < -0.3 is 19.9 Å². The monoisotopic (exact) mass is 567 g/mol. The van der Waals surface area contributed by atoms with E-state index < -0.39 is 23.2 Å². The minimum absolute atomic E-state index is 0.00817. The number of ether oxygens (including phenoxy) is 2. The third kappa shape index (κ3) is 8.39. The van der Waals surface area contributed by atoms with Crippen LogP contribution in [0.1, 0.15) is 51.7 Å². The quantitative estimate of drug-likeness (QED) is 0.279. The molecule has 0 aliphatic heterocycles. The van der Waals surface area contributed by atoms with E-state index in [-0.39, 0.29) is 18.9 Å². The van der Waals surface area contributed by atoms with Gasteiger partial charge in [-0.2, -0.15) is 0 Å². The Morgan fingerprint density at radius 1 is 1.09 bits per heavy atom. The average molecular weight is 567 g/mol. The molecule has 6 nitrogen and oxygen atoms in total. The van der Waals surface area contributed by atoms with E-state index in [1.54, 1.807) is 20.8 Å². The van der Waals surface area contributed by atoms with Gasteiger partial charge in [-0.1, -0.05) is 42.5 Å². The first-order chi connectivity index (χ1) is 15.5. The number of carbonyl (C=O) groups excluding carboxylic acids is 2. The summed E-state index contributed by atoms with van der Waals surface area (Å²) in [7, 11) is 0. The van der Waals surface area contributed by atoms with Gasteiger partial charge in [0.15, 0.2) is 0 Å². The summed E-state index contributed by atoms with van der Waals surface area (Å²) >= 11 is 2.25. The van der Waals surface area contributed by atoms with Crippen LogP contribution in [0, 0.1) is 3.57 Å². The number of ketones is 1. The predicted octanol–water partition coefficient (Wildman–Crippen LogP) is 5.00. The van der Waals surface area contributed by atoms with Gasteiger partial charge in [-0.3, -0.25) is 4.79 Å². The second-order valence-electron chi connectivity index (χ2n) is 8.91. The van der Waals surface area contributed by atoms with Gasteiger partial charge in [0.1, 0.15) is 12.4 Å². The maximum absolute atomic E-state index is 12.4. The van der Waals surface area contributed by atoms with E-state index >= 15 is 0 Å². The van der Waals surface area contributed by atoms with Crippen molar-refractivity contribution in [3.63, 3.8) is 0 Å². The van der Waals surface area contributed by atoms with Crippen LogP contribution in [0.4, 0.5) is 4.79 Å². The lowest BCUT2D eigenvalue weighted by molar-refractivity contribution is -0.123. The SMILES string of the molecule is CC(=O)C(C)(CCCOC(C)(C)C(O)CNC(=O)OCc1ccccc1)c1cccc(I)c1. The summed E-state index contributed by atoms with van der Waals surface area (Å²) in [6, 6.07) is 17.4. The first-order valence-corrected chi connectivity index (χ1v) is 12.2. The Bertz CT molecular complexity index is 918. The number of hydrogen-bond acceptors (Lipinski definition) is 5. The van der Waals surface area contributed by atoms with Crippen LogP contribution in [-0.2, 0) is 26.3 Å². The fourth-order valence-electron chi connectivity index (χ4n) is 3.41. The highest BCUT2D eigenvalue weighted by Crippen LogP contribution is 2.31. The molecule has 0 spiro atoms. The lowest BCUT2D eigenvalue weighted by atomic mass is 9.75.